The smallest absolute Gasteiger partial charge is 0.329 e. The summed E-state index contributed by atoms with van der Waals surface area (Å²) in [5, 5.41) is 16.0. The van der Waals surface area contributed by atoms with Crippen molar-refractivity contribution in [2.24, 2.45) is 0 Å². The molecule has 192 valence electrons. The third-order valence-electron chi connectivity index (χ3n) is 5.32. The summed E-state index contributed by atoms with van der Waals surface area (Å²) in [6, 6.07) is 7.94. The second-order valence-corrected chi connectivity index (χ2v) is 7.83. The Kier molecular flexibility index (Phi) is 10.0. The monoisotopic (exact) mass is 503 g/mol. The first-order chi connectivity index (χ1) is 17.0. The fourth-order valence-corrected chi connectivity index (χ4v) is 3.59. The average Bonchev–Trinajstić information content (AvgIpc) is 2.84. The molecule has 0 spiro atoms. The Morgan fingerprint density at radius 3 is 2.22 bits per heavy atom. The number of rotatable bonds is 11. The fraction of sp³-hybridized carbons (Fsp3) is 0.333. The van der Waals surface area contributed by atoms with E-state index in [1.807, 2.05) is 0 Å². The zero-order chi connectivity index (χ0) is 26.8. The first-order valence-corrected chi connectivity index (χ1v) is 10.8. The Morgan fingerprint density at radius 1 is 1.03 bits per heavy atom. The Labute approximate surface area is 206 Å². The second kappa shape index (κ2) is 12.9. The maximum Gasteiger partial charge on any atom is 0.329 e. The Hall–Kier alpha value is -4.35. The molecule has 11 nitrogen and oxygen atoms in total. The molecule has 0 saturated carbocycles. The number of amides is 2. The van der Waals surface area contributed by atoms with Crippen LogP contribution in [0.3, 0.4) is 0 Å². The predicted octanol–water partition coefficient (Wildman–Crippen LogP) is 1.79. The molecule has 3 atom stereocenters. The number of nitrogens with zero attached hydrogens (tertiary/aromatic N) is 1. The summed E-state index contributed by atoms with van der Waals surface area (Å²) in [4.78, 5) is 60.2. The van der Waals surface area contributed by atoms with Gasteiger partial charge in [0.05, 0.1) is 25.6 Å². The van der Waals surface area contributed by atoms with Gasteiger partial charge in [0.1, 0.15) is 17.9 Å². The van der Waals surface area contributed by atoms with Crippen LogP contribution in [0.25, 0.3) is 0 Å². The van der Waals surface area contributed by atoms with Gasteiger partial charge in [-0.15, -0.1) is 0 Å². The van der Waals surface area contributed by atoms with Gasteiger partial charge in [-0.2, -0.15) is 0 Å². The number of nitrogens with one attached hydrogen (secondary N) is 2. The van der Waals surface area contributed by atoms with Gasteiger partial charge in [0, 0.05) is 31.4 Å². The van der Waals surface area contributed by atoms with Gasteiger partial charge in [0.25, 0.3) is 5.69 Å². The number of carbonyl (C=O) groups is 4. The number of ether oxygens (including phenoxy) is 2. The summed E-state index contributed by atoms with van der Waals surface area (Å²) in [5.41, 5.74) is 0.526. The van der Waals surface area contributed by atoms with Gasteiger partial charge in [-0.1, -0.05) is 24.3 Å². The topological polar surface area (TPSA) is 154 Å². The van der Waals surface area contributed by atoms with Crippen molar-refractivity contribution in [1.82, 2.24) is 10.6 Å². The van der Waals surface area contributed by atoms with Crippen molar-refractivity contribution < 1.29 is 38.0 Å². The number of hydrogen-bond acceptors (Lipinski definition) is 8. The molecule has 0 fully saturated rings. The number of methoxy groups -OCH3 is 2. The predicted molar refractivity (Wildman–Crippen MR) is 124 cm³/mol. The lowest BCUT2D eigenvalue weighted by atomic mass is 9.87. The van der Waals surface area contributed by atoms with Crippen LogP contribution in [0.5, 0.6) is 0 Å². The van der Waals surface area contributed by atoms with Crippen LogP contribution in [-0.4, -0.2) is 55.0 Å². The highest BCUT2D eigenvalue weighted by molar-refractivity contribution is 5.91. The van der Waals surface area contributed by atoms with Gasteiger partial charge in [0.2, 0.25) is 11.8 Å². The van der Waals surface area contributed by atoms with Gasteiger partial charge in [0.15, 0.2) is 0 Å². The summed E-state index contributed by atoms with van der Waals surface area (Å²) in [6.07, 6.45) is -0.459. The van der Waals surface area contributed by atoms with E-state index < -0.39 is 52.5 Å². The maximum atomic E-state index is 13.6. The third kappa shape index (κ3) is 7.86. The highest BCUT2D eigenvalue weighted by atomic mass is 19.1. The highest BCUT2D eigenvalue weighted by Crippen LogP contribution is 2.27. The van der Waals surface area contributed by atoms with Gasteiger partial charge in [-0.3, -0.25) is 24.5 Å². The Bertz CT molecular complexity index is 1120. The largest absolute Gasteiger partial charge is 0.469 e. The lowest BCUT2D eigenvalue weighted by molar-refractivity contribution is -0.384. The molecule has 0 radical (unpaired) electrons. The molecule has 2 N–H and O–H groups in total. The standard InChI is InChI=1S/C24H26FN3O8/c1-14(29)26-20(12-15-5-4-6-17(25)11-15)23(31)27-22(24(32)36-3)19(13-21(30)35-2)16-7-9-18(10-8-16)28(33)34/h4-11,19-20,22H,12-13H2,1-3H3,(H,26,29)(H,27,31)/t19-,20-,22+/m0/s1. The molecule has 0 aliphatic heterocycles. The van der Waals surface area contributed by atoms with E-state index in [0.717, 1.165) is 14.2 Å². The first-order valence-electron chi connectivity index (χ1n) is 10.8. The van der Waals surface area contributed by atoms with Crippen LogP contribution >= 0.6 is 0 Å². The molecule has 2 amide bonds. The van der Waals surface area contributed by atoms with E-state index in [1.165, 1.54) is 49.4 Å². The molecule has 12 heteroatoms. The third-order valence-corrected chi connectivity index (χ3v) is 5.32. The van der Waals surface area contributed by atoms with Crippen LogP contribution in [0, 0.1) is 15.9 Å². The molecule has 0 unspecified atom stereocenters. The van der Waals surface area contributed by atoms with Crippen molar-refractivity contribution in [3.63, 3.8) is 0 Å². The van der Waals surface area contributed by atoms with E-state index in [0.29, 0.717) is 11.1 Å². The quantitative estimate of drug-likeness (QED) is 0.267. The molecule has 2 aromatic carbocycles. The van der Waals surface area contributed by atoms with E-state index in [2.05, 4.69) is 10.6 Å². The van der Waals surface area contributed by atoms with Crippen molar-refractivity contribution in [1.29, 1.82) is 0 Å². The highest BCUT2D eigenvalue weighted by Gasteiger charge is 2.36. The van der Waals surface area contributed by atoms with E-state index in [4.69, 9.17) is 9.47 Å². The lowest BCUT2D eigenvalue weighted by Gasteiger charge is -2.28. The number of carbonyl (C=O) groups excluding carboxylic acids is 4. The summed E-state index contributed by atoms with van der Waals surface area (Å²) in [5.74, 6) is -4.49. The SMILES string of the molecule is COC(=O)C[C@@H](c1ccc([N+](=O)[O-])cc1)[C@@H](NC(=O)[C@H](Cc1cccc(F)c1)NC(C)=O)C(=O)OC. The number of nitro benzene ring substituents is 1. The van der Waals surface area contributed by atoms with E-state index >= 15 is 0 Å². The van der Waals surface area contributed by atoms with Crippen molar-refractivity contribution >= 4 is 29.4 Å². The van der Waals surface area contributed by atoms with Crippen LogP contribution in [0.1, 0.15) is 30.4 Å². The summed E-state index contributed by atoms with van der Waals surface area (Å²) in [6.45, 7) is 1.20. The van der Waals surface area contributed by atoms with Gasteiger partial charge in [-0.25, -0.2) is 9.18 Å². The molecule has 0 heterocycles. The minimum atomic E-state index is -1.42. The zero-order valence-electron chi connectivity index (χ0n) is 19.9. The summed E-state index contributed by atoms with van der Waals surface area (Å²) >= 11 is 0. The van der Waals surface area contributed by atoms with Crippen molar-refractivity contribution in [2.45, 2.75) is 37.8 Å². The second-order valence-electron chi connectivity index (χ2n) is 7.83. The van der Waals surface area contributed by atoms with Crippen molar-refractivity contribution in [2.75, 3.05) is 14.2 Å². The molecular weight excluding hydrogens is 477 g/mol. The van der Waals surface area contributed by atoms with E-state index in [-0.39, 0.29) is 18.5 Å². The molecule has 0 saturated heterocycles. The number of benzene rings is 2. The molecule has 2 aromatic rings. The summed E-state index contributed by atoms with van der Waals surface area (Å²) in [7, 11) is 2.23. The molecule has 2 rings (SSSR count). The number of esters is 2. The van der Waals surface area contributed by atoms with Crippen LogP contribution in [-0.2, 0) is 35.1 Å². The normalized spacial score (nSPS) is 13.0. The molecule has 0 bridgehead atoms. The maximum absolute atomic E-state index is 13.6. The number of non-ortho nitro benzene ring substituents is 1. The lowest BCUT2D eigenvalue weighted by Crippen LogP contribution is -2.54. The summed E-state index contributed by atoms with van der Waals surface area (Å²) < 4.78 is 23.2. The van der Waals surface area contributed by atoms with Gasteiger partial charge >= 0.3 is 11.9 Å². The van der Waals surface area contributed by atoms with Gasteiger partial charge < -0.3 is 20.1 Å². The average molecular weight is 503 g/mol. The van der Waals surface area contributed by atoms with Gasteiger partial charge in [-0.05, 0) is 23.3 Å². The van der Waals surface area contributed by atoms with Crippen LogP contribution in [0.2, 0.25) is 0 Å². The number of halogens is 1. The minimum Gasteiger partial charge on any atom is -0.469 e. The van der Waals surface area contributed by atoms with Crippen molar-refractivity contribution in [3.05, 3.63) is 75.6 Å². The molecule has 0 aliphatic carbocycles. The van der Waals surface area contributed by atoms with Crippen LogP contribution in [0.4, 0.5) is 10.1 Å². The minimum absolute atomic E-state index is 0.0870. The number of hydrogen-bond donors (Lipinski definition) is 2. The molecular formula is C24H26FN3O8. The van der Waals surface area contributed by atoms with Crippen molar-refractivity contribution in [3.8, 4) is 0 Å². The molecule has 36 heavy (non-hydrogen) atoms. The Balaban J connectivity index is 2.42. The fourth-order valence-electron chi connectivity index (χ4n) is 3.59. The number of nitro groups is 1. The van der Waals surface area contributed by atoms with E-state index in [1.54, 1.807) is 6.07 Å². The molecule has 0 aliphatic rings. The Morgan fingerprint density at radius 2 is 1.69 bits per heavy atom. The first kappa shape index (κ1) is 27.9. The molecule has 0 aromatic heterocycles. The van der Waals surface area contributed by atoms with Crippen LogP contribution in [0.15, 0.2) is 48.5 Å². The van der Waals surface area contributed by atoms with E-state index in [9.17, 15) is 33.7 Å². The van der Waals surface area contributed by atoms with Crippen LogP contribution < -0.4 is 10.6 Å². The zero-order valence-corrected chi connectivity index (χ0v) is 19.9.